The first-order chi connectivity index (χ1) is 11.7. The molecule has 25 heavy (non-hydrogen) atoms. The van der Waals surface area contributed by atoms with E-state index in [0.29, 0.717) is 10.6 Å². The van der Waals surface area contributed by atoms with Crippen LogP contribution >= 0.6 is 11.6 Å². The SMILES string of the molecule is COC(=O)CCN(C(=O)CCC(=O)c1ccc(Cl)cc1)C(C)(C)CO. The average molecular weight is 370 g/mol. The number of ketones is 1. The third kappa shape index (κ3) is 6.48. The molecule has 1 amide bonds. The van der Waals surface area contributed by atoms with Crippen LogP contribution in [0.4, 0.5) is 0 Å². The second kappa shape index (κ2) is 9.53. The molecule has 0 aromatic heterocycles. The van der Waals surface area contributed by atoms with E-state index in [-0.39, 0.29) is 44.1 Å². The summed E-state index contributed by atoms with van der Waals surface area (Å²) in [4.78, 5) is 37.5. The third-order valence-electron chi connectivity index (χ3n) is 3.92. The highest BCUT2D eigenvalue weighted by Gasteiger charge is 2.30. The normalized spacial score (nSPS) is 11.1. The van der Waals surface area contributed by atoms with Crippen molar-refractivity contribution in [3.8, 4) is 0 Å². The summed E-state index contributed by atoms with van der Waals surface area (Å²) in [6, 6.07) is 6.46. The summed E-state index contributed by atoms with van der Waals surface area (Å²) in [6.07, 6.45) is 0.0551. The Hall–Kier alpha value is -1.92. The monoisotopic (exact) mass is 369 g/mol. The molecule has 0 unspecified atom stereocenters. The van der Waals surface area contributed by atoms with E-state index >= 15 is 0 Å². The maximum Gasteiger partial charge on any atom is 0.307 e. The third-order valence-corrected chi connectivity index (χ3v) is 4.17. The molecule has 0 atom stereocenters. The van der Waals surface area contributed by atoms with E-state index in [2.05, 4.69) is 4.74 Å². The summed E-state index contributed by atoms with van der Waals surface area (Å²) in [6.45, 7) is 3.26. The fourth-order valence-electron chi connectivity index (χ4n) is 2.29. The molecule has 6 nitrogen and oxygen atoms in total. The number of Topliss-reactive ketones (excluding diaryl/α,β-unsaturated/α-hetero) is 1. The number of ether oxygens (including phenoxy) is 1. The largest absolute Gasteiger partial charge is 0.469 e. The molecule has 1 aromatic rings. The number of aliphatic hydroxyl groups is 1. The van der Waals surface area contributed by atoms with Gasteiger partial charge in [0.1, 0.15) is 0 Å². The van der Waals surface area contributed by atoms with E-state index in [9.17, 15) is 19.5 Å². The van der Waals surface area contributed by atoms with Crippen molar-refractivity contribution >= 4 is 29.3 Å². The Kier molecular flexibility index (Phi) is 8.06. The van der Waals surface area contributed by atoms with Gasteiger partial charge in [0.15, 0.2) is 5.78 Å². The number of carbonyl (C=O) groups excluding carboxylic acids is 3. The highest BCUT2D eigenvalue weighted by molar-refractivity contribution is 6.30. The number of hydrogen-bond donors (Lipinski definition) is 1. The Balaban J connectivity index is 2.72. The lowest BCUT2D eigenvalue weighted by atomic mass is 10.0. The van der Waals surface area contributed by atoms with Crippen molar-refractivity contribution in [3.63, 3.8) is 0 Å². The van der Waals surface area contributed by atoms with E-state index in [0.717, 1.165) is 0 Å². The van der Waals surface area contributed by atoms with Crippen LogP contribution in [0.3, 0.4) is 0 Å². The summed E-state index contributed by atoms with van der Waals surface area (Å²) in [5.41, 5.74) is -0.353. The second-order valence-corrected chi connectivity index (χ2v) is 6.71. The van der Waals surface area contributed by atoms with E-state index in [1.807, 2.05) is 0 Å². The lowest BCUT2D eigenvalue weighted by Crippen LogP contribution is -2.51. The first-order valence-electron chi connectivity index (χ1n) is 7.98. The summed E-state index contributed by atoms with van der Waals surface area (Å²) in [5, 5.41) is 10.1. The maximum absolute atomic E-state index is 12.5. The summed E-state index contributed by atoms with van der Waals surface area (Å²) < 4.78 is 4.59. The number of nitrogens with zero attached hydrogens (tertiary/aromatic N) is 1. The van der Waals surface area contributed by atoms with Gasteiger partial charge in [-0.15, -0.1) is 0 Å². The summed E-state index contributed by atoms with van der Waals surface area (Å²) in [5.74, 6) is -0.909. The Bertz CT molecular complexity index is 612. The van der Waals surface area contributed by atoms with Gasteiger partial charge in [0.2, 0.25) is 5.91 Å². The van der Waals surface area contributed by atoms with Gasteiger partial charge < -0.3 is 14.7 Å². The quantitative estimate of drug-likeness (QED) is 0.534. The van der Waals surface area contributed by atoms with Crippen LogP contribution in [0, 0.1) is 0 Å². The zero-order valence-corrected chi connectivity index (χ0v) is 15.5. The molecule has 0 aliphatic carbocycles. The van der Waals surface area contributed by atoms with Crippen molar-refractivity contribution in [1.29, 1.82) is 0 Å². The van der Waals surface area contributed by atoms with Crippen LogP contribution in [-0.2, 0) is 14.3 Å². The van der Waals surface area contributed by atoms with Crippen LogP contribution < -0.4 is 0 Å². The number of amides is 1. The lowest BCUT2D eigenvalue weighted by molar-refractivity contribution is -0.144. The predicted molar refractivity (Wildman–Crippen MR) is 94.5 cm³/mol. The van der Waals surface area contributed by atoms with Crippen LogP contribution in [0.1, 0.15) is 43.5 Å². The standard InChI is InChI=1S/C18H24ClNO5/c1-18(2,12-21)20(11-10-17(24)25-3)16(23)9-8-15(22)13-4-6-14(19)7-5-13/h4-7,21H,8-12H2,1-3H3. The molecule has 0 radical (unpaired) electrons. The minimum Gasteiger partial charge on any atom is -0.469 e. The van der Waals surface area contributed by atoms with Crippen molar-refractivity contribution in [3.05, 3.63) is 34.9 Å². The number of esters is 1. The number of rotatable bonds is 9. The lowest BCUT2D eigenvalue weighted by Gasteiger charge is -2.37. The molecule has 1 aromatic carbocycles. The average Bonchev–Trinajstić information content (AvgIpc) is 2.59. The predicted octanol–water partition coefficient (Wildman–Crippen LogP) is 2.47. The fraction of sp³-hybridized carbons (Fsp3) is 0.500. The van der Waals surface area contributed by atoms with E-state index in [4.69, 9.17) is 11.6 Å². The zero-order valence-electron chi connectivity index (χ0n) is 14.8. The van der Waals surface area contributed by atoms with Crippen LogP contribution in [0.25, 0.3) is 0 Å². The van der Waals surface area contributed by atoms with Crippen molar-refractivity contribution in [2.75, 3.05) is 20.3 Å². The minimum atomic E-state index is -0.839. The number of benzene rings is 1. The van der Waals surface area contributed by atoms with Gasteiger partial charge in [-0.25, -0.2) is 0 Å². The minimum absolute atomic E-state index is 0.00787. The van der Waals surface area contributed by atoms with Crippen molar-refractivity contribution in [2.24, 2.45) is 0 Å². The molecule has 0 fully saturated rings. The molecule has 0 saturated heterocycles. The fourth-order valence-corrected chi connectivity index (χ4v) is 2.42. The topological polar surface area (TPSA) is 83.9 Å². The zero-order chi connectivity index (χ0) is 19.0. The van der Waals surface area contributed by atoms with Crippen LogP contribution in [0.2, 0.25) is 5.02 Å². The van der Waals surface area contributed by atoms with E-state index < -0.39 is 11.5 Å². The van der Waals surface area contributed by atoms with Crippen molar-refractivity contribution in [2.45, 2.75) is 38.6 Å². The van der Waals surface area contributed by atoms with E-state index in [1.165, 1.54) is 12.0 Å². The molecule has 138 valence electrons. The van der Waals surface area contributed by atoms with E-state index in [1.54, 1.807) is 38.1 Å². The number of aliphatic hydroxyl groups excluding tert-OH is 1. The van der Waals surface area contributed by atoms with Crippen molar-refractivity contribution in [1.82, 2.24) is 4.90 Å². The smallest absolute Gasteiger partial charge is 0.307 e. The molecular weight excluding hydrogens is 346 g/mol. The first kappa shape index (κ1) is 21.1. The van der Waals surface area contributed by atoms with Gasteiger partial charge in [0, 0.05) is 30.0 Å². The molecule has 0 saturated carbocycles. The molecule has 0 spiro atoms. The molecule has 0 aliphatic heterocycles. The molecule has 0 heterocycles. The highest BCUT2D eigenvalue weighted by atomic mass is 35.5. The summed E-state index contributed by atoms with van der Waals surface area (Å²) >= 11 is 5.79. The molecule has 0 bridgehead atoms. The van der Waals surface area contributed by atoms with Crippen LogP contribution in [-0.4, -0.2) is 53.5 Å². The van der Waals surface area contributed by atoms with Gasteiger partial charge >= 0.3 is 5.97 Å². The molecular formula is C18H24ClNO5. The van der Waals surface area contributed by atoms with Crippen molar-refractivity contribution < 1.29 is 24.2 Å². The Labute approximate surface area is 152 Å². The number of carbonyl (C=O) groups is 3. The van der Waals surface area contributed by atoms with Crippen LogP contribution in [0.5, 0.6) is 0 Å². The molecule has 7 heteroatoms. The number of hydrogen-bond acceptors (Lipinski definition) is 5. The highest BCUT2D eigenvalue weighted by Crippen LogP contribution is 2.18. The van der Waals surface area contributed by atoms with Gasteiger partial charge in [-0.3, -0.25) is 14.4 Å². The van der Waals surface area contributed by atoms with Gasteiger partial charge in [-0.2, -0.15) is 0 Å². The molecule has 1 N–H and O–H groups in total. The van der Waals surface area contributed by atoms with Gasteiger partial charge in [0.05, 0.1) is 25.7 Å². The Morgan fingerprint density at radius 1 is 1.12 bits per heavy atom. The van der Waals surface area contributed by atoms with Gasteiger partial charge in [-0.1, -0.05) is 11.6 Å². The Morgan fingerprint density at radius 2 is 1.72 bits per heavy atom. The summed E-state index contributed by atoms with van der Waals surface area (Å²) in [7, 11) is 1.27. The number of halogens is 1. The first-order valence-corrected chi connectivity index (χ1v) is 8.36. The van der Waals surface area contributed by atoms with Crippen LogP contribution in [0.15, 0.2) is 24.3 Å². The second-order valence-electron chi connectivity index (χ2n) is 6.27. The van der Waals surface area contributed by atoms with Gasteiger partial charge in [-0.05, 0) is 38.1 Å². The number of methoxy groups -OCH3 is 1. The molecule has 1 rings (SSSR count). The maximum atomic E-state index is 12.5. The Morgan fingerprint density at radius 3 is 2.24 bits per heavy atom. The molecule has 0 aliphatic rings. The van der Waals surface area contributed by atoms with Gasteiger partial charge in [0.25, 0.3) is 0 Å².